The molecule has 4 aromatic rings. The number of hydrogen-bond donors (Lipinski definition) is 3. The average Bonchev–Trinajstić information content (AvgIpc) is 3.30. The number of fused-ring (bicyclic) bond motifs is 1. The number of hydrazone groups is 1. The molecule has 0 aliphatic carbocycles. The Morgan fingerprint density at radius 1 is 1.14 bits per heavy atom. The fourth-order valence-electron chi connectivity index (χ4n) is 3.36. The molecule has 0 saturated carbocycles. The van der Waals surface area contributed by atoms with Crippen LogP contribution in [0.4, 0.5) is 0 Å². The van der Waals surface area contributed by atoms with Crippen molar-refractivity contribution >= 4 is 51.9 Å². The Balaban J connectivity index is 1.66. The number of nitrogens with zero attached hydrogens (tertiary/aromatic N) is 2. The molecule has 35 heavy (non-hydrogen) atoms. The van der Waals surface area contributed by atoms with Gasteiger partial charge in [-0.15, -0.1) is 11.8 Å². The van der Waals surface area contributed by atoms with E-state index in [1.807, 2.05) is 12.3 Å². The zero-order valence-electron chi connectivity index (χ0n) is 18.8. The molecule has 2 heterocycles. The number of methoxy groups -OCH3 is 1. The number of hydrogen-bond acceptors (Lipinski definition) is 8. The summed E-state index contributed by atoms with van der Waals surface area (Å²) in [6.07, 6.45) is 3.43. The Kier molecular flexibility index (Phi) is 7.58. The highest BCUT2D eigenvalue weighted by molar-refractivity contribution is 8.00. The van der Waals surface area contributed by atoms with E-state index < -0.39 is 23.4 Å². The molecule has 0 fully saturated rings. The van der Waals surface area contributed by atoms with Gasteiger partial charge in [0.05, 0.1) is 22.9 Å². The summed E-state index contributed by atoms with van der Waals surface area (Å²) in [6, 6.07) is 15.9. The molecule has 2 aromatic carbocycles. The minimum absolute atomic E-state index is 0.190. The first-order chi connectivity index (χ1) is 17.0. The lowest BCUT2D eigenvalue weighted by Gasteiger charge is -2.18. The highest BCUT2D eigenvalue weighted by atomic mass is 32.2. The van der Waals surface area contributed by atoms with Crippen molar-refractivity contribution in [1.82, 2.24) is 20.9 Å². The molecule has 0 spiro atoms. The maximum Gasteiger partial charge on any atom is 0.272 e. The summed E-state index contributed by atoms with van der Waals surface area (Å²) in [4.78, 5) is 38.4. The van der Waals surface area contributed by atoms with Crippen LogP contribution in [0.15, 0.2) is 74.8 Å². The third-order valence-corrected chi connectivity index (χ3v) is 7.22. The van der Waals surface area contributed by atoms with Gasteiger partial charge in [0.1, 0.15) is 5.69 Å². The van der Waals surface area contributed by atoms with Crippen LogP contribution in [0, 0.1) is 0 Å². The van der Waals surface area contributed by atoms with Crippen molar-refractivity contribution < 1.29 is 14.3 Å². The van der Waals surface area contributed by atoms with Gasteiger partial charge in [-0.3, -0.25) is 14.4 Å². The van der Waals surface area contributed by atoms with E-state index in [1.165, 1.54) is 17.6 Å². The zero-order valence-corrected chi connectivity index (χ0v) is 20.4. The summed E-state index contributed by atoms with van der Waals surface area (Å²) in [6.45, 7) is 0. The Labute approximate surface area is 208 Å². The first-order valence-electron chi connectivity index (χ1n) is 10.4. The summed E-state index contributed by atoms with van der Waals surface area (Å²) < 4.78 is 6.40. The van der Waals surface area contributed by atoms with E-state index >= 15 is 0 Å². The summed E-state index contributed by atoms with van der Waals surface area (Å²) in [5.74, 6) is -1.11. The Hall–Kier alpha value is -3.96. The van der Waals surface area contributed by atoms with Gasteiger partial charge in [0.25, 0.3) is 17.4 Å². The van der Waals surface area contributed by atoms with Gasteiger partial charge < -0.3 is 10.1 Å². The maximum absolute atomic E-state index is 13.2. The maximum atomic E-state index is 13.2. The minimum Gasteiger partial charge on any atom is -0.487 e. The molecule has 2 amide bonds. The van der Waals surface area contributed by atoms with E-state index in [1.54, 1.807) is 73.5 Å². The van der Waals surface area contributed by atoms with E-state index in [-0.39, 0.29) is 5.69 Å². The summed E-state index contributed by atoms with van der Waals surface area (Å²) in [7, 11) is 1.56. The highest BCUT2D eigenvalue weighted by Gasteiger charge is 2.27. The summed E-state index contributed by atoms with van der Waals surface area (Å²) in [5.41, 5.74) is 3.34. The van der Waals surface area contributed by atoms with E-state index in [0.717, 1.165) is 4.21 Å². The number of carbonyl (C=O) groups excluding carboxylic acids is 2. The molecular weight excluding hydrogens is 486 g/mol. The number of rotatable bonds is 8. The number of nitrogens with one attached hydrogen (secondary N) is 3. The number of aromatic nitrogens is 2. The number of aromatic amines is 1. The van der Waals surface area contributed by atoms with E-state index in [4.69, 9.17) is 4.74 Å². The highest BCUT2D eigenvalue weighted by Crippen LogP contribution is 2.34. The third-order valence-electron chi connectivity index (χ3n) is 5.04. The molecular formula is C24H21N5O4S2. The fourth-order valence-corrected chi connectivity index (χ4v) is 4.85. The van der Waals surface area contributed by atoms with Crippen LogP contribution in [0.1, 0.15) is 27.7 Å². The molecule has 0 unspecified atom stereocenters. The van der Waals surface area contributed by atoms with Gasteiger partial charge >= 0.3 is 0 Å². The second-order valence-electron chi connectivity index (χ2n) is 7.21. The van der Waals surface area contributed by atoms with Crippen molar-refractivity contribution in [3.05, 3.63) is 87.8 Å². The van der Waals surface area contributed by atoms with Crippen LogP contribution in [0.3, 0.4) is 0 Å². The van der Waals surface area contributed by atoms with Crippen LogP contribution < -0.4 is 21.0 Å². The van der Waals surface area contributed by atoms with Crippen LogP contribution in [-0.4, -0.2) is 41.6 Å². The van der Waals surface area contributed by atoms with Crippen molar-refractivity contribution in [2.45, 2.75) is 10.3 Å². The monoisotopic (exact) mass is 507 g/mol. The predicted octanol–water partition coefficient (Wildman–Crippen LogP) is 3.34. The molecule has 0 radical (unpaired) electrons. The first-order valence-corrected chi connectivity index (χ1v) is 12.4. The Morgan fingerprint density at radius 2 is 1.86 bits per heavy atom. The molecule has 4 rings (SSSR count). The minimum atomic E-state index is -1.23. The van der Waals surface area contributed by atoms with Gasteiger partial charge in [0.15, 0.2) is 11.1 Å². The van der Waals surface area contributed by atoms with Crippen molar-refractivity contribution in [2.75, 3.05) is 13.4 Å². The van der Waals surface area contributed by atoms with Gasteiger partial charge in [-0.25, -0.2) is 10.5 Å². The molecule has 2 aromatic heterocycles. The van der Waals surface area contributed by atoms with Gasteiger partial charge in [-0.2, -0.15) is 10.2 Å². The van der Waals surface area contributed by atoms with Crippen molar-refractivity contribution in [3.63, 3.8) is 0 Å². The van der Waals surface area contributed by atoms with Crippen molar-refractivity contribution in [1.29, 1.82) is 0 Å². The van der Waals surface area contributed by atoms with Gasteiger partial charge in [-0.1, -0.05) is 47.7 Å². The van der Waals surface area contributed by atoms with E-state index in [0.29, 0.717) is 27.0 Å². The Bertz CT molecular complexity index is 1450. The summed E-state index contributed by atoms with van der Waals surface area (Å²) in [5, 5.41) is 14.7. The third kappa shape index (κ3) is 5.42. The number of benzene rings is 2. The van der Waals surface area contributed by atoms with Crippen LogP contribution in [0.5, 0.6) is 5.06 Å². The fraction of sp³-hybridized carbons (Fsp3) is 0.125. The second kappa shape index (κ2) is 11.0. The van der Waals surface area contributed by atoms with Gasteiger partial charge in [0, 0.05) is 16.5 Å². The van der Waals surface area contributed by atoms with E-state index in [2.05, 4.69) is 26.0 Å². The molecule has 1 atom stereocenters. The molecule has 3 N–H and O–H groups in total. The topological polar surface area (TPSA) is 126 Å². The van der Waals surface area contributed by atoms with Crippen LogP contribution in [0.25, 0.3) is 10.8 Å². The average molecular weight is 508 g/mol. The van der Waals surface area contributed by atoms with Crippen molar-refractivity contribution in [2.24, 2.45) is 5.10 Å². The molecule has 9 nitrogen and oxygen atoms in total. The number of thiophene rings is 1. The Morgan fingerprint density at radius 3 is 2.57 bits per heavy atom. The zero-order chi connectivity index (χ0) is 24.8. The number of thioether (sulfide) groups is 1. The number of H-pyrrole nitrogens is 1. The molecule has 178 valence electrons. The van der Waals surface area contributed by atoms with Crippen molar-refractivity contribution in [3.8, 4) is 5.06 Å². The summed E-state index contributed by atoms with van der Waals surface area (Å²) >= 11 is 3.04. The SMILES string of the molecule is COc1sc(SC)cc1/C=N\NC(=O)[C@H](NC(=O)c1ccccc1)c1n[nH]c(=O)c2ccccc12. The largest absolute Gasteiger partial charge is 0.487 e. The first kappa shape index (κ1) is 24.2. The number of amides is 2. The smallest absolute Gasteiger partial charge is 0.272 e. The second-order valence-corrected chi connectivity index (χ2v) is 9.33. The molecule has 0 aliphatic rings. The lowest BCUT2D eigenvalue weighted by Crippen LogP contribution is -2.40. The van der Waals surface area contributed by atoms with Crippen LogP contribution in [0.2, 0.25) is 0 Å². The van der Waals surface area contributed by atoms with Crippen LogP contribution >= 0.6 is 23.1 Å². The standard InChI is InChI=1S/C24H21N5O4S2/c1-33-24-15(12-18(34-2)35-24)13-25-28-23(32)20(26-21(30)14-8-4-3-5-9-14)19-16-10-6-7-11-17(16)22(31)29-27-19/h3-13,20H,1-2H3,(H,26,30)(H,28,32)(H,29,31)/b25-13-/t20-/m1/s1. The van der Waals surface area contributed by atoms with Gasteiger partial charge in [-0.05, 0) is 30.5 Å². The molecule has 11 heteroatoms. The molecule has 0 bridgehead atoms. The lowest BCUT2D eigenvalue weighted by molar-refractivity contribution is -0.123. The molecule has 0 aliphatic heterocycles. The number of carbonyl (C=O) groups is 2. The predicted molar refractivity (Wildman–Crippen MR) is 137 cm³/mol. The van der Waals surface area contributed by atoms with E-state index in [9.17, 15) is 14.4 Å². The number of ether oxygens (including phenoxy) is 1. The molecule has 0 saturated heterocycles. The van der Waals surface area contributed by atoms with Gasteiger partial charge in [0.2, 0.25) is 0 Å². The quantitative estimate of drug-likeness (QED) is 0.191. The lowest BCUT2D eigenvalue weighted by atomic mass is 10.0. The normalized spacial score (nSPS) is 11.9. The van der Waals surface area contributed by atoms with Crippen LogP contribution in [-0.2, 0) is 4.79 Å².